The van der Waals surface area contributed by atoms with Crippen molar-refractivity contribution in [2.75, 3.05) is 18.9 Å². The first-order chi connectivity index (χ1) is 17.9. The molecule has 0 saturated carbocycles. The van der Waals surface area contributed by atoms with Gasteiger partial charge in [-0.05, 0) is 31.2 Å². The molecule has 13 heteroatoms. The average molecular weight is 499 g/mol. The maximum absolute atomic E-state index is 12.4. The molecule has 1 fully saturated rings. The van der Waals surface area contributed by atoms with Gasteiger partial charge in [-0.15, -0.1) is 10.2 Å². The number of carbonyl (C=O) groups excluding carboxylic acids is 1. The molecule has 37 heavy (non-hydrogen) atoms. The second-order valence-electron chi connectivity index (χ2n) is 8.80. The van der Waals surface area contributed by atoms with E-state index in [1.54, 1.807) is 42.0 Å². The van der Waals surface area contributed by atoms with E-state index < -0.39 is 11.5 Å². The first-order valence-electron chi connectivity index (χ1n) is 11.6. The normalized spacial score (nSPS) is 18.5. The molecule has 0 aliphatic carbocycles. The average Bonchev–Trinajstić information content (AvgIpc) is 3.65. The lowest BCUT2D eigenvalue weighted by atomic mass is 9.98. The zero-order chi connectivity index (χ0) is 25.6. The fraction of sp³-hybridized carbons (Fsp3) is 0.250. The molecule has 1 aliphatic heterocycles. The first-order valence-corrected chi connectivity index (χ1v) is 11.6. The van der Waals surface area contributed by atoms with Crippen LogP contribution in [-0.2, 0) is 10.4 Å². The number of nitrogens with one attached hydrogen (secondary N) is 1. The smallest absolute Gasteiger partial charge is 0.262 e. The van der Waals surface area contributed by atoms with Crippen LogP contribution < -0.4 is 5.32 Å². The number of nitrogens with zero attached hydrogens (tertiary/aromatic N) is 9. The van der Waals surface area contributed by atoms with Crippen LogP contribution >= 0.6 is 0 Å². The van der Waals surface area contributed by atoms with Crippen molar-refractivity contribution in [3.63, 3.8) is 0 Å². The number of amides is 1. The van der Waals surface area contributed by atoms with Gasteiger partial charge < -0.3 is 19.8 Å². The Labute approximate surface area is 210 Å². The number of aromatic nitrogens is 8. The number of anilines is 1. The summed E-state index contributed by atoms with van der Waals surface area (Å²) >= 11 is 0. The van der Waals surface area contributed by atoms with Crippen LogP contribution in [0, 0.1) is 0 Å². The predicted molar refractivity (Wildman–Crippen MR) is 130 cm³/mol. The van der Waals surface area contributed by atoms with Crippen molar-refractivity contribution in [3.05, 3.63) is 66.6 Å². The highest BCUT2D eigenvalue weighted by atomic mass is 16.5. The van der Waals surface area contributed by atoms with Crippen molar-refractivity contribution >= 4 is 17.6 Å². The molecule has 1 aliphatic rings. The van der Waals surface area contributed by atoms with Gasteiger partial charge in [0.05, 0.1) is 23.1 Å². The molecule has 13 nitrogen and oxygen atoms in total. The van der Waals surface area contributed by atoms with Crippen molar-refractivity contribution in [2.24, 2.45) is 0 Å². The Morgan fingerprint density at radius 3 is 2.68 bits per heavy atom. The van der Waals surface area contributed by atoms with E-state index >= 15 is 0 Å². The van der Waals surface area contributed by atoms with E-state index in [-0.39, 0.29) is 18.2 Å². The predicted octanol–water partition coefficient (Wildman–Crippen LogP) is 1.85. The van der Waals surface area contributed by atoms with Crippen LogP contribution in [0.5, 0.6) is 0 Å². The molecule has 1 saturated heterocycles. The lowest BCUT2D eigenvalue weighted by molar-refractivity contribution is -0.144. The zero-order valence-corrected chi connectivity index (χ0v) is 20.0. The molecule has 0 radical (unpaired) electrons. The van der Waals surface area contributed by atoms with Crippen molar-refractivity contribution in [1.82, 2.24) is 44.6 Å². The molecule has 1 amide bonds. The maximum atomic E-state index is 12.4. The lowest BCUT2D eigenvalue weighted by Gasteiger charge is -2.16. The molecule has 5 aromatic heterocycles. The number of rotatable bonds is 6. The maximum Gasteiger partial charge on any atom is 0.262 e. The summed E-state index contributed by atoms with van der Waals surface area (Å²) in [6.07, 6.45) is 5.38. The van der Waals surface area contributed by atoms with Gasteiger partial charge in [-0.3, -0.25) is 9.20 Å². The Bertz CT molecular complexity index is 1620. The molecule has 186 valence electrons. The fourth-order valence-electron chi connectivity index (χ4n) is 4.28. The quantitative estimate of drug-likeness (QED) is 0.351. The van der Waals surface area contributed by atoms with Crippen LogP contribution in [0.25, 0.3) is 28.6 Å². The van der Waals surface area contributed by atoms with Crippen molar-refractivity contribution in [1.29, 1.82) is 0 Å². The van der Waals surface area contributed by atoms with Gasteiger partial charge in [0.2, 0.25) is 11.5 Å². The summed E-state index contributed by atoms with van der Waals surface area (Å²) in [6.45, 7) is 2.37. The number of hydrogen-bond acceptors (Lipinski definition) is 11. The molecule has 0 aromatic carbocycles. The van der Waals surface area contributed by atoms with Gasteiger partial charge in [0.15, 0.2) is 11.6 Å². The molecule has 2 N–H and O–H groups in total. The highest BCUT2D eigenvalue weighted by Gasteiger charge is 2.48. The summed E-state index contributed by atoms with van der Waals surface area (Å²) in [6, 6.07) is 10.3. The van der Waals surface area contributed by atoms with Crippen molar-refractivity contribution in [3.8, 4) is 22.8 Å². The number of carbonyl (C=O) groups is 1. The number of pyridine rings is 1. The monoisotopic (exact) mass is 498 g/mol. The molecule has 0 bridgehead atoms. The van der Waals surface area contributed by atoms with Gasteiger partial charge >= 0.3 is 0 Å². The highest BCUT2D eigenvalue weighted by Crippen LogP contribution is 2.34. The third kappa shape index (κ3) is 3.94. The van der Waals surface area contributed by atoms with Crippen LogP contribution in [0.1, 0.15) is 31.0 Å². The Morgan fingerprint density at radius 1 is 1.05 bits per heavy atom. The van der Waals surface area contributed by atoms with Crippen LogP contribution in [0.4, 0.5) is 5.95 Å². The lowest BCUT2D eigenvalue weighted by Crippen LogP contribution is -2.35. The fourth-order valence-corrected chi connectivity index (χ4v) is 4.28. The van der Waals surface area contributed by atoms with Gasteiger partial charge in [-0.2, -0.15) is 0 Å². The molecule has 0 spiro atoms. The summed E-state index contributed by atoms with van der Waals surface area (Å²) < 4.78 is 7.16. The topological polar surface area (TPSA) is 160 Å². The van der Waals surface area contributed by atoms with Crippen LogP contribution in [0.3, 0.4) is 0 Å². The van der Waals surface area contributed by atoms with Gasteiger partial charge in [0.25, 0.3) is 11.7 Å². The Kier molecular flexibility index (Phi) is 5.34. The molecular weight excluding hydrogens is 476 g/mol. The number of hydrogen-bond donors (Lipinski definition) is 2. The van der Waals surface area contributed by atoms with Gasteiger partial charge in [-0.1, -0.05) is 11.2 Å². The standard InChI is InChI=1S/C24H22N10O3/c1-14(20-30-31-23-26-9-4-11-34(20)23)27-22-25-10-7-17(29-22)15-5-3-6-16(28-15)18-13-19(37-32-18)24(36)8-12-33(2)21(24)35/h3-7,9-11,13-14,36H,8,12H2,1-2H3,(H,25,27,29). The summed E-state index contributed by atoms with van der Waals surface area (Å²) in [4.78, 5) is 31.7. The minimum absolute atomic E-state index is 0.0998. The summed E-state index contributed by atoms with van der Waals surface area (Å²) in [5.74, 6) is 1.26. The minimum Gasteiger partial charge on any atom is -0.373 e. The molecular formula is C24H22N10O3. The largest absolute Gasteiger partial charge is 0.373 e. The third-order valence-corrected chi connectivity index (χ3v) is 6.31. The molecule has 2 unspecified atom stereocenters. The second-order valence-corrected chi connectivity index (χ2v) is 8.80. The van der Waals surface area contributed by atoms with E-state index in [1.807, 2.05) is 31.3 Å². The third-order valence-electron chi connectivity index (χ3n) is 6.31. The van der Waals surface area contributed by atoms with E-state index in [4.69, 9.17) is 4.52 Å². The minimum atomic E-state index is -1.71. The Morgan fingerprint density at radius 2 is 1.86 bits per heavy atom. The van der Waals surface area contributed by atoms with Crippen molar-refractivity contribution in [2.45, 2.75) is 25.0 Å². The SMILES string of the molecule is CC(Nc1nccc(-c2cccc(-c3cc(C4(O)CCN(C)C4=O)on3)n2)n1)c1nnc2ncccn12. The van der Waals surface area contributed by atoms with E-state index in [0.29, 0.717) is 46.9 Å². The van der Waals surface area contributed by atoms with E-state index in [1.165, 1.54) is 4.90 Å². The highest BCUT2D eigenvalue weighted by molar-refractivity contribution is 5.87. The van der Waals surface area contributed by atoms with E-state index in [0.717, 1.165) is 0 Å². The second kappa shape index (κ2) is 8.71. The number of likely N-dealkylation sites (tertiary alicyclic amines) is 1. The first kappa shape index (κ1) is 22.7. The number of fused-ring (bicyclic) bond motifs is 1. The molecule has 6 heterocycles. The van der Waals surface area contributed by atoms with Crippen molar-refractivity contribution < 1.29 is 14.4 Å². The van der Waals surface area contributed by atoms with Gasteiger partial charge in [-0.25, -0.2) is 19.9 Å². The molecule has 6 rings (SSSR count). The summed E-state index contributed by atoms with van der Waals surface area (Å²) in [5.41, 5.74) is 0.384. The molecule has 5 aromatic rings. The number of likely N-dealkylation sites (N-methyl/N-ethyl adjacent to an activating group) is 1. The number of aliphatic hydroxyl groups is 1. The van der Waals surface area contributed by atoms with E-state index in [9.17, 15) is 9.90 Å². The summed E-state index contributed by atoms with van der Waals surface area (Å²) in [7, 11) is 1.64. The zero-order valence-electron chi connectivity index (χ0n) is 20.0. The van der Waals surface area contributed by atoms with Gasteiger partial charge in [0.1, 0.15) is 5.69 Å². The van der Waals surface area contributed by atoms with Gasteiger partial charge in [0, 0.05) is 44.7 Å². The Balaban J connectivity index is 1.25. The summed E-state index contributed by atoms with van der Waals surface area (Å²) in [5, 5.41) is 26.4. The molecule has 2 atom stereocenters. The van der Waals surface area contributed by atoms with Crippen LogP contribution in [0.2, 0.25) is 0 Å². The van der Waals surface area contributed by atoms with Crippen LogP contribution in [0.15, 0.2) is 59.5 Å². The van der Waals surface area contributed by atoms with Crippen LogP contribution in [-0.4, -0.2) is 69.2 Å². The Hall–Kier alpha value is -4.78. The van der Waals surface area contributed by atoms with E-state index in [2.05, 4.69) is 40.6 Å².